The van der Waals surface area contributed by atoms with Crippen molar-refractivity contribution in [1.82, 2.24) is 9.71 Å². The maximum atomic E-state index is 12.3. The average Bonchev–Trinajstić information content (AvgIpc) is 3.02. The van der Waals surface area contributed by atoms with E-state index in [-0.39, 0.29) is 22.2 Å². The van der Waals surface area contributed by atoms with E-state index in [0.29, 0.717) is 17.7 Å². The molecule has 2 rings (SSSR count). The molecule has 0 spiro atoms. The van der Waals surface area contributed by atoms with Crippen LogP contribution in [-0.4, -0.2) is 24.5 Å². The fourth-order valence-corrected chi connectivity index (χ4v) is 4.34. The Morgan fingerprint density at radius 2 is 2.24 bits per heavy atom. The van der Waals surface area contributed by atoms with Crippen LogP contribution in [0, 0.1) is 6.92 Å². The summed E-state index contributed by atoms with van der Waals surface area (Å²) in [5.41, 5.74) is 0.395. The van der Waals surface area contributed by atoms with Gasteiger partial charge in [-0.3, -0.25) is 0 Å². The third-order valence-electron chi connectivity index (χ3n) is 2.74. The lowest BCUT2D eigenvalue weighted by Gasteiger charge is -2.06. The lowest BCUT2D eigenvalue weighted by Crippen LogP contribution is -2.25. The van der Waals surface area contributed by atoms with E-state index >= 15 is 0 Å². The minimum absolute atomic E-state index is 0.128. The maximum absolute atomic E-state index is 12.3. The van der Waals surface area contributed by atoms with Crippen LogP contribution in [0.5, 0.6) is 0 Å². The van der Waals surface area contributed by atoms with Crippen molar-refractivity contribution >= 4 is 27.3 Å². The monoisotopic (exact) mass is 330 g/mol. The molecule has 0 aliphatic rings. The summed E-state index contributed by atoms with van der Waals surface area (Å²) in [7, 11) is -3.94. The highest BCUT2D eigenvalue weighted by molar-refractivity contribution is 7.89. The molecule has 2 aromatic heterocycles. The van der Waals surface area contributed by atoms with Gasteiger partial charge in [-0.2, -0.15) is 0 Å². The number of rotatable bonds is 6. The number of sulfonamides is 1. The van der Waals surface area contributed by atoms with Crippen LogP contribution < -0.4 is 4.72 Å². The molecule has 0 aromatic carbocycles. The van der Waals surface area contributed by atoms with Gasteiger partial charge in [-0.05, 0) is 17.9 Å². The Morgan fingerprint density at radius 1 is 1.52 bits per heavy atom. The highest BCUT2D eigenvalue weighted by Crippen LogP contribution is 2.26. The fourth-order valence-electron chi connectivity index (χ4n) is 1.74. The molecule has 0 radical (unpaired) electrons. The van der Waals surface area contributed by atoms with E-state index in [1.165, 1.54) is 11.6 Å². The van der Waals surface area contributed by atoms with Gasteiger partial charge in [0.05, 0.1) is 12.7 Å². The Labute approximate surface area is 125 Å². The van der Waals surface area contributed by atoms with Gasteiger partial charge in [0, 0.05) is 6.42 Å². The summed E-state index contributed by atoms with van der Waals surface area (Å²) in [5.74, 6) is -0.375. The van der Waals surface area contributed by atoms with Gasteiger partial charge in [0.25, 0.3) is 0 Å². The Bertz CT molecular complexity index is 760. The standard InChI is InChI=1S/C12H14N2O5S2/c1-3-8-4-13-9(19-8)5-14-21(17,18)11-7(2)6-20-10(11)12(15)16/h4,6,14H,3,5H2,1-2H3,(H,15,16). The van der Waals surface area contributed by atoms with Crippen molar-refractivity contribution in [3.63, 3.8) is 0 Å². The first kappa shape index (κ1) is 15.7. The molecule has 0 fully saturated rings. The van der Waals surface area contributed by atoms with Crippen molar-refractivity contribution in [2.24, 2.45) is 0 Å². The number of nitrogens with zero attached hydrogens (tertiary/aromatic N) is 1. The van der Waals surface area contributed by atoms with Crippen molar-refractivity contribution < 1.29 is 22.7 Å². The second-order valence-electron chi connectivity index (χ2n) is 4.28. The molecule has 0 atom stereocenters. The van der Waals surface area contributed by atoms with Gasteiger partial charge in [-0.25, -0.2) is 22.9 Å². The zero-order valence-corrected chi connectivity index (χ0v) is 13.0. The number of oxazole rings is 1. The molecule has 2 aromatic rings. The summed E-state index contributed by atoms with van der Waals surface area (Å²) >= 11 is 0.883. The Morgan fingerprint density at radius 3 is 2.81 bits per heavy atom. The summed E-state index contributed by atoms with van der Waals surface area (Å²) in [5, 5.41) is 10.5. The number of carboxylic acids is 1. The van der Waals surface area contributed by atoms with Crippen LogP contribution in [0.1, 0.15) is 33.8 Å². The van der Waals surface area contributed by atoms with Crippen molar-refractivity contribution in [1.29, 1.82) is 0 Å². The summed E-state index contributed by atoms with van der Waals surface area (Å²) in [6.07, 6.45) is 2.19. The van der Waals surface area contributed by atoms with Crippen LogP contribution >= 0.6 is 11.3 Å². The first-order valence-corrected chi connectivity index (χ1v) is 8.46. The molecule has 0 amide bonds. The van der Waals surface area contributed by atoms with Gasteiger partial charge in [-0.15, -0.1) is 11.3 Å². The summed E-state index contributed by atoms with van der Waals surface area (Å²) < 4.78 is 32.1. The molecule has 2 N–H and O–H groups in total. The lowest BCUT2D eigenvalue weighted by atomic mass is 10.3. The van der Waals surface area contributed by atoms with Gasteiger partial charge in [0.1, 0.15) is 15.5 Å². The Kier molecular flexibility index (Phi) is 4.45. The van der Waals surface area contributed by atoms with E-state index < -0.39 is 16.0 Å². The SMILES string of the molecule is CCc1cnc(CNS(=O)(=O)c2c(C)csc2C(=O)O)o1. The molecule has 0 aliphatic carbocycles. The third-order valence-corrected chi connectivity index (χ3v) is 5.55. The lowest BCUT2D eigenvalue weighted by molar-refractivity contribution is 0.0698. The van der Waals surface area contributed by atoms with Crippen LogP contribution in [0.15, 0.2) is 20.9 Å². The summed E-state index contributed by atoms with van der Waals surface area (Å²) in [4.78, 5) is 14.6. The maximum Gasteiger partial charge on any atom is 0.347 e. The van der Waals surface area contributed by atoms with Crippen molar-refractivity contribution in [3.05, 3.63) is 33.7 Å². The second-order valence-corrected chi connectivity index (χ2v) is 6.86. The number of aryl methyl sites for hydroxylation is 2. The van der Waals surface area contributed by atoms with Gasteiger partial charge >= 0.3 is 5.97 Å². The Balaban J connectivity index is 2.22. The highest BCUT2D eigenvalue weighted by Gasteiger charge is 2.26. The normalized spacial score (nSPS) is 11.7. The van der Waals surface area contributed by atoms with E-state index in [1.807, 2.05) is 6.92 Å². The topological polar surface area (TPSA) is 110 Å². The molecule has 0 saturated heterocycles. The average molecular weight is 330 g/mol. The molecular weight excluding hydrogens is 316 g/mol. The number of aromatic nitrogens is 1. The highest BCUT2D eigenvalue weighted by atomic mass is 32.2. The number of carboxylic acid groups (broad SMARTS) is 1. The molecule has 0 unspecified atom stereocenters. The third kappa shape index (κ3) is 3.31. The number of carbonyl (C=O) groups is 1. The van der Waals surface area contributed by atoms with Crippen molar-refractivity contribution in [2.75, 3.05) is 0 Å². The van der Waals surface area contributed by atoms with E-state index in [2.05, 4.69) is 9.71 Å². The number of hydrogen-bond donors (Lipinski definition) is 2. The molecule has 21 heavy (non-hydrogen) atoms. The van der Waals surface area contributed by atoms with E-state index in [9.17, 15) is 13.2 Å². The number of aromatic carboxylic acids is 1. The van der Waals surface area contributed by atoms with Crippen LogP contribution in [-0.2, 0) is 23.0 Å². The largest absolute Gasteiger partial charge is 0.477 e. The zero-order valence-electron chi connectivity index (χ0n) is 11.4. The van der Waals surface area contributed by atoms with Crippen LogP contribution in [0.2, 0.25) is 0 Å². The fraction of sp³-hybridized carbons (Fsp3) is 0.333. The van der Waals surface area contributed by atoms with Gasteiger partial charge in [0.15, 0.2) is 0 Å². The summed E-state index contributed by atoms with van der Waals surface area (Å²) in [6.45, 7) is 3.32. The molecular formula is C12H14N2O5S2. The van der Waals surface area contributed by atoms with Gasteiger partial charge < -0.3 is 9.52 Å². The first-order valence-electron chi connectivity index (χ1n) is 6.09. The van der Waals surface area contributed by atoms with E-state index in [1.54, 1.807) is 6.92 Å². The smallest absolute Gasteiger partial charge is 0.347 e. The summed E-state index contributed by atoms with van der Waals surface area (Å²) in [6, 6.07) is 0. The molecule has 7 nitrogen and oxygen atoms in total. The minimum Gasteiger partial charge on any atom is -0.477 e. The molecule has 2 heterocycles. The first-order chi connectivity index (χ1) is 9.85. The zero-order chi connectivity index (χ0) is 15.6. The molecule has 0 saturated carbocycles. The van der Waals surface area contributed by atoms with E-state index in [4.69, 9.17) is 9.52 Å². The molecule has 114 valence electrons. The quantitative estimate of drug-likeness (QED) is 0.835. The van der Waals surface area contributed by atoms with Crippen LogP contribution in [0.4, 0.5) is 0 Å². The van der Waals surface area contributed by atoms with Crippen LogP contribution in [0.25, 0.3) is 0 Å². The number of thiophene rings is 1. The Hall–Kier alpha value is -1.71. The molecule has 0 aliphatic heterocycles. The van der Waals surface area contributed by atoms with Crippen molar-refractivity contribution in [2.45, 2.75) is 31.7 Å². The van der Waals surface area contributed by atoms with Crippen LogP contribution in [0.3, 0.4) is 0 Å². The second kappa shape index (κ2) is 5.96. The van der Waals surface area contributed by atoms with Gasteiger partial charge in [0.2, 0.25) is 15.9 Å². The number of nitrogens with one attached hydrogen (secondary N) is 1. The molecule has 0 bridgehead atoms. The minimum atomic E-state index is -3.94. The van der Waals surface area contributed by atoms with Gasteiger partial charge in [-0.1, -0.05) is 6.92 Å². The predicted octanol–water partition coefficient (Wildman–Crippen LogP) is 1.78. The predicted molar refractivity (Wildman–Crippen MR) is 75.9 cm³/mol. The van der Waals surface area contributed by atoms with E-state index in [0.717, 1.165) is 11.3 Å². The number of hydrogen-bond acceptors (Lipinski definition) is 6. The van der Waals surface area contributed by atoms with Crippen molar-refractivity contribution in [3.8, 4) is 0 Å². The molecule has 9 heteroatoms.